The second-order valence-corrected chi connectivity index (χ2v) is 11.4. The molecule has 0 radical (unpaired) electrons. The topological polar surface area (TPSA) is 100 Å². The number of nitrogens with zero attached hydrogens (tertiary/aromatic N) is 6. The molecule has 5 rings (SSSR count). The first-order chi connectivity index (χ1) is 18.3. The van der Waals surface area contributed by atoms with Crippen LogP contribution < -0.4 is 15.5 Å². The fourth-order valence-electron chi connectivity index (χ4n) is 5.99. The first kappa shape index (κ1) is 26.2. The summed E-state index contributed by atoms with van der Waals surface area (Å²) in [7, 11) is 3.49. The van der Waals surface area contributed by atoms with Gasteiger partial charge in [0.05, 0.1) is 12.2 Å². The van der Waals surface area contributed by atoms with Crippen LogP contribution in [0.25, 0.3) is 0 Å². The standard InChI is InChI=1S/C29H40N8O/c1-19-16-26(19)36-14-11-22(12-15-36)21-7-9-23(10-8-21)32-28-25(17-30)31-18-27(34-28)37-13-5-6-24(20(37)2)33-29(38)35(3)4/h7-10,18-20,22,24,26H,5-6,11-16H2,1-4H3,(H,32,34)(H,33,38)/t19?,20-,24-,26?/m1/s1. The average Bonchev–Trinajstić information content (AvgIpc) is 3.66. The molecule has 3 fully saturated rings. The summed E-state index contributed by atoms with van der Waals surface area (Å²) in [6.07, 6.45) is 7.31. The van der Waals surface area contributed by atoms with E-state index in [9.17, 15) is 10.1 Å². The van der Waals surface area contributed by atoms with E-state index in [1.807, 2.05) is 0 Å². The molecule has 1 aromatic heterocycles. The fourth-order valence-corrected chi connectivity index (χ4v) is 5.99. The predicted octanol–water partition coefficient (Wildman–Crippen LogP) is 4.31. The molecule has 202 valence electrons. The van der Waals surface area contributed by atoms with E-state index < -0.39 is 0 Å². The van der Waals surface area contributed by atoms with Gasteiger partial charge in [0.25, 0.3) is 0 Å². The third kappa shape index (κ3) is 5.70. The summed E-state index contributed by atoms with van der Waals surface area (Å²) in [6.45, 7) is 7.67. The van der Waals surface area contributed by atoms with Crippen molar-refractivity contribution in [3.05, 3.63) is 41.7 Å². The van der Waals surface area contributed by atoms with Crippen LogP contribution in [0.1, 0.15) is 63.1 Å². The number of aromatic nitrogens is 2. The lowest BCUT2D eigenvalue weighted by Crippen LogP contribution is -2.56. The van der Waals surface area contributed by atoms with Crippen LogP contribution >= 0.6 is 0 Å². The van der Waals surface area contributed by atoms with Gasteiger partial charge in [0, 0.05) is 38.4 Å². The fraction of sp³-hybridized carbons (Fsp3) is 0.586. The Morgan fingerprint density at radius 2 is 1.82 bits per heavy atom. The lowest BCUT2D eigenvalue weighted by Gasteiger charge is -2.40. The van der Waals surface area contributed by atoms with E-state index in [1.54, 1.807) is 25.2 Å². The van der Waals surface area contributed by atoms with Crippen molar-refractivity contribution in [1.82, 2.24) is 25.1 Å². The molecule has 2 aromatic rings. The summed E-state index contributed by atoms with van der Waals surface area (Å²) >= 11 is 0. The SMILES string of the molecule is CC1CC1N1CCC(c2ccc(Nc3nc(N4CCC[C@@H](NC(=O)N(C)C)[C@H]4C)cnc3C#N)cc2)CC1. The van der Waals surface area contributed by atoms with Crippen molar-refractivity contribution < 1.29 is 4.79 Å². The highest BCUT2D eigenvalue weighted by Crippen LogP contribution is 2.39. The molecule has 1 aromatic carbocycles. The van der Waals surface area contributed by atoms with Gasteiger partial charge in [0.15, 0.2) is 11.5 Å². The Morgan fingerprint density at radius 1 is 1.11 bits per heavy atom. The van der Waals surface area contributed by atoms with E-state index in [-0.39, 0.29) is 23.8 Å². The Kier molecular flexibility index (Phi) is 7.70. The van der Waals surface area contributed by atoms with Gasteiger partial charge in [0.2, 0.25) is 0 Å². The molecular formula is C29H40N8O. The van der Waals surface area contributed by atoms with Gasteiger partial charge in [-0.25, -0.2) is 14.8 Å². The van der Waals surface area contributed by atoms with Crippen molar-refractivity contribution in [2.24, 2.45) is 5.92 Å². The van der Waals surface area contributed by atoms with Gasteiger partial charge in [0.1, 0.15) is 11.9 Å². The largest absolute Gasteiger partial charge is 0.350 e. The van der Waals surface area contributed by atoms with Gasteiger partial charge in [-0.05, 0) is 81.6 Å². The Balaban J connectivity index is 1.25. The number of piperidine rings is 2. The molecule has 1 aliphatic carbocycles. The van der Waals surface area contributed by atoms with Crippen LogP contribution in [0.2, 0.25) is 0 Å². The van der Waals surface area contributed by atoms with Crippen molar-refractivity contribution in [3.8, 4) is 6.07 Å². The predicted molar refractivity (Wildman–Crippen MR) is 150 cm³/mol. The molecule has 2 aliphatic heterocycles. The van der Waals surface area contributed by atoms with Crippen molar-refractivity contribution in [2.45, 2.75) is 70.0 Å². The maximum absolute atomic E-state index is 12.2. The van der Waals surface area contributed by atoms with Crippen molar-refractivity contribution in [3.63, 3.8) is 0 Å². The van der Waals surface area contributed by atoms with E-state index in [2.05, 4.69) is 69.6 Å². The van der Waals surface area contributed by atoms with Crippen LogP contribution in [0.15, 0.2) is 30.5 Å². The van der Waals surface area contributed by atoms with E-state index in [0.717, 1.165) is 37.0 Å². The van der Waals surface area contributed by atoms with E-state index in [0.29, 0.717) is 17.6 Å². The first-order valence-electron chi connectivity index (χ1n) is 14.0. The number of anilines is 3. The summed E-state index contributed by atoms with van der Waals surface area (Å²) in [5, 5.41) is 16.1. The molecule has 2 amide bonds. The second kappa shape index (κ2) is 11.2. The zero-order chi connectivity index (χ0) is 26.8. The number of urea groups is 1. The second-order valence-electron chi connectivity index (χ2n) is 11.4. The Morgan fingerprint density at radius 3 is 2.45 bits per heavy atom. The monoisotopic (exact) mass is 516 g/mol. The number of amides is 2. The highest BCUT2D eigenvalue weighted by Gasteiger charge is 2.39. The lowest BCUT2D eigenvalue weighted by molar-refractivity contribution is 0.196. The quantitative estimate of drug-likeness (QED) is 0.590. The number of benzene rings is 1. The molecule has 38 heavy (non-hydrogen) atoms. The molecule has 2 unspecified atom stereocenters. The molecule has 9 nitrogen and oxygen atoms in total. The minimum Gasteiger partial charge on any atom is -0.350 e. The molecule has 0 spiro atoms. The highest BCUT2D eigenvalue weighted by atomic mass is 16.2. The molecule has 9 heteroatoms. The zero-order valence-corrected chi connectivity index (χ0v) is 23.0. The summed E-state index contributed by atoms with van der Waals surface area (Å²) in [5.74, 6) is 2.64. The molecule has 2 saturated heterocycles. The normalized spacial score (nSPS) is 25.9. The van der Waals surface area contributed by atoms with Crippen molar-refractivity contribution >= 4 is 23.4 Å². The van der Waals surface area contributed by atoms with E-state index >= 15 is 0 Å². The average molecular weight is 517 g/mol. The first-order valence-corrected chi connectivity index (χ1v) is 14.0. The van der Waals surface area contributed by atoms with Crippen LogP contribution in [0.3, 0.4) is 0 Å². The van der Waals surface area contributed by atoms with Crippen molar-refractivity contribution in [2.75, 3.05) is 43.9 Å². The Bertz CT molecular complexity index is 1170. The molecule has 1 saturated carbocycles. The summed E-state index contributed by atoms with van der Waals surface area (Å²) < 4.78 is 0. The summed E-state index contributed by atoms with van der Waals surface area (Å²) in [6, 6.07) is 11.5. The lowest BCUT2D eigenvalue weighted by atomic mass is 9.89. The number of carbonyl (C=O) groups is 1. The minimum absolute atomic E-state index is 0.0135. The van der Waals surface area contributed by atoms with Crippen LogP contribution in [0, 0.1) is 17.2 Å². The Labute approximate surface area is 226 Å². The summed E-state index contributed by atoms with van der Waals surface area (Å²) in [4.78, 5) is 27.9. The number of carbonyl (C=O) groups excluding carboxylic acids is 1. The minimum atomic E-state index is -0.0940. The Hall–Kier alpha value is -3.38. The van der Waals surface area contributed by atoms with Gasteiger partial charge in [-0.1, -0.05) is 19.1 Å². The van der Waals surface area contributed by atoms with Crippen LogP contribution in [0.5, 0.6) is 0 Å². The molecule has 3 aliphatic rings. The van der Waals surface area contributed by atoms with E-state index in [4.69, 9.17) is 4.98 Å². The van der Waals surface area contributed by atoms with E-state index in [1.165, 1.54) is 37.9 Å². The smallest absolute Gasteiger partial charge is 0.317 e. The zero-order valence-electron chi connectivity index (χ0n) is 23.0. The van der Waals surface area contributed by atoms with Crippen LogP contribution in [-0.4, -0.2) is 77.7 Å². The number of hydrogen-bond acceptors (Lipinski definition) is 7. The number of nitriles is 1. The third-order valence-corrected chi connectivity index (χ3v) is 8.57. The number of rotatable bonds is 6. The third-order valence-electron chi connectivity index (χ3n) is 8.57. The molecule has 2 N–H and O–H groups in total. The maximum Gasteiger partial charge on any atom is 0.317 e. The number of likely N-dealkylation sites (tertiary alicyclic amines) is 1. The molecule has 0 bridgehead atoms. The van der Waals surface area contributed by atoms with Crippen molar-refractivity contribution in [1.29, 1.82) is 5.26 Å². The van der Waals surface area contributed by atoms with Crippen LogP contribution in [-0.2, 0) is 0 Å². The van der Waals surface area contributed by atoms with Gasteiger partial charge < -0.3 is 25.3 Å². The molecular weight excluding hydrogens is 476 g/mol. The maximum atomic E-state index is 12.2. The van der Waals surface area contributed by atoms with Gasteiger partial charge >= 0.3 is 6.03 Å². The summed E-state index contributed by atoms with van der Waals surface area (Å²) in [5.41, 5.74) is 2.54. The van der Waals surface area contributed by atoms with Gasteiger partial charge in [-0.2, -0.15) is 5.26 Å². The van der Waals surface area contributed by atoms with Gasteiger partial charge in [-0.3, -0.25) is 0 Å². The molecule has 3 heterocycles. The van der Waals surface area contributed by atoms with Gasteiger partial charge in [-0.15, -0.1) is 0 Å². The number of hydrogen-bond donors (Lipinski definition) is 2. The highest BCUT2D eigenvalue weighted by molar-refractivity contribution is 5.74. The van der Waals surface area contributed by atoms with Crippen LogP contribution in [0.4, 0.5) is 22.1 Å². The molecule has 4 atom stereocenters. The number of nitrogens with one attached hydrogen (secondary N) is 2.